The van der Waals surface area contributed by atoms with E-state index in [0.717, 1.165) is 0 Å². The minimum Gasteiger partial charge on any atom is -0.462 e. The number of carbonyl (C=O) groups excluding carboxylic acids is 1. The third-order valence-corrected chi connectivity index (χ3v) is 1.56. The number of hydrogen-bond donors (Lipinski definition) is 1. The first-order chi connectivity index (χ1) is 6.56. The molecular formula is C8H10F2N2O2. The molecule has 1 aromatic heterocycles. The summed E-state index contributed by atoms with van der Waals surface area (Å²) in [6, 6.07) is 0. The van der Waals surface area contributed by atoms with Crippen molar-refractivity contribution in [3.05, 3.63) is 18.0 Å². The maximum atomic E-state index is 13.1. The van der Waals surface area contributed by atoms with E-state index in [1.54, 1.807) is 0 Å². The number of halogens is 2. The number of nitrogens with one attached hydrogen (secondary N) is 1. The van der Waals surface area contributed by atoms with Crippen LogP contribution in [-0.2, 0) is 16.0 Å². The molecule has 14 heavy (non-hydrogen) atoms. The van der Waals surface area contributed by atoms with Crippen LogP contribution < -0.4 is 0 Å². The van der Waals surface area contributed by atoms with Gasteiger partial charge in [0.05, 0.1) is 19.2 Å². The Bertz CT molecular complexity index is 298. The molecule has 1 rings (SSSR count). The summed E-state index contributed by atoms with van der Waals surface area (Å²) in [5.74, 6) is -4.99. The molecule has 0 saturated carbocycles. The van der Waals surface area contributed by atoms with Gasteiger partial charge in [0.1, 0.15) is 0 Å². The zero-order valence-electron chi connectivity index (χ0n) is 7.59. The minimum atomic E-state index is -3.49. The van der Waals surface area contributed by atoms with Crippen LogP contribution in [0.15, 0.2) is 12.4 Å². The lowest BCUT2D eigenvalue weighted by molar-refractivity contribution is -0.171. The van der Waals surface area contributed by atoms with E-state index in [9.17, 15) is 13.6 Å². The van der Waals surface area contributed by atoms with Gasteiger partial charge in [-0.3, -0.25) is 5.10 Å². The zero-order chi connectivity index (χ0) is 10.6. The number of carbonyl (C=O) groups is 1. The van der Waals surface area contributed by atoms with Gasteiger partial charge in [-0.1, -0.05) is 0 Å². The number of aromatic nitrogens is 2. The van der Waals surface area contributed by atoms with E-state index in [0.29, 0.717) is 0 Å². The van der Waals surface area contributed by atoms with Crippen LogP contribution in [0.5, 0.6) is 0 Å². The Kier molecular flexibility index (Phi) is 3.16. The van der Waals surface area contributed by atoms with E-state index in [1.165, 1.54) is 19.3 Å². The van der Waals surface area contributed by atoms with E-state index < -0.39 is 18.3 Å². The first-order valence-electron chi connectivity index (χ1n) is 4.09. The molecule has 0 radical (unpaired) electrons. The van der Waals surface area contributed by atoms with Crippen LogP contribution in [-0.4, -0.2) is 28.7 Å². The van der Waals surface area contributed by atoms with Crippen molar-refractivity contribution in [3.63, 3.8) is 0 Å². The van der Waals surface area contributed by atoms with Crippen LogP contribution in [0.4, 0.5) is 8.78 Å². The molecule has 0 unspecified atom stereocenters. The van der Waals surface area contributed by atoms with Crippen molar-refractivity contribution in [1.29, 1.82) is 0 Å². The third kappa shape index (κ3) is 2.51. The molecule has 1 heterocycles. The zero-order valence-corrected chi connectivity index (χ0v) is 7.59. The van der Waals surface area contributed by atoms with Crippen molar-refractivity contribution in [1.82, 2.24) is 10.2 Å². The highest BCUT2D eigenvalue weighted by molar-refractivity contribution is 5.77. The van der Waals surface area contributed by atoms with Gasteiger partial charge in [0, 0.05) is 6.20 Å². The van der Waals surface area contributed by atoms with E-state index in [4.69, 9.17) is 0 Å². The molecule has 0 aliphatic heterocycles. The van der Waals surface area contributed by atoms with Crippen LogP contribution in [0.3, 0.4) is 0 Å². The second-order valence-corrected chi connectivity index (χ2v) is 2.71. The number of esters is 1. The predicted octanol–water partition coefficient (Wildman–Crippen LogP) is 1.15. The van der Waals surface area contributed by atoms with Gasteiger partial charge >= 0.3 is 11.9 Å². The molecule has 6 heteroatoms. The molecule has 0 aromatic carbocycles. The highest BCUT2D eigenvalue weighted by Gasteiger charge is 2.40. The summed E-state index contributed by atoms with van der Waals surface area (Å²) >= 11 is 0. The van der Waals surface area contributed by atoms with Gasteiger partial charge in [-0.05, 0) is 12.5 Å². The lowest BCUT2D eigenvalue weighted by Crippen LogP contribution is -2.33. The van der Waals surface area contributed by atoms with Gasteiger partial charge in [0.15, 0.2) is 0 Å². The van der Waals surface area contributed by atoms with Crippen LogP contribution in [0.25, 0.3) is 0 Å². The number of ether oxygens (including phenoxy) is 1. The molecule has 1 aromatic rings. The lowest BCUT2D eigenvalue weighted by Gasteiger charge is -2.12. The average Bonchev–Trinajstić information content (AvgIpc) is 2.56. The summed E-state index contributed by atoms with van der Waals surface area (Å²) in [5.41, 5.74) is 0.267. The van der Waals surface area contributed by atoms with Gasteiger partial charge in [-0.25, -0.2) is 4.79 Å². The number of hydrogen-bond acceptors (Lipinski definition) is 3. The Labute approximate surface area is 79.3 Å². The molecule has 0 bridgehead atoms. The van der Waals surface area contributed by atoms with Gasteiger partial charge in [-0.15, -0.1) is 0 Å². The second kappa shape index (κ2) is 4.17. The highest BCUT2D eigenvalue weighted by Crippen LogP contribution is 2.21. The SMILES string of the molecule is CCOC(=O)C(F)(F)Cc1cn[nH]c1. The van der Waals surface area contributed by atoms with E-state index in [2.05, 4.69) is 14.9 Å². The number of H-pyrrole nitrogens is 1. The first kappa shape index (κ1) is 10.6. The summed E-state index contributed by atoms with van der Waals surface area (Å²) in [7, 11) is 0. The molecule has 78 valence electrons. The summed E-state index contributed by atoms with van der Waals surface area (Å²) < 4.78 is 30.3. The fourth-order valence-corrected chi connectivity index (χ4v) is 0.940. The summed E-state index contributed by atoms with van der Waals surface area (Å²) in [5, 5.41) is 5.89. The van der Waals surface area contributed by atoms with Crippen LogP contribution >= 0.6 is 0 Å². The van der Waals surface area contributed by atoms with Crippen molar-refractivity contribution < 1.29 is 18.3 Å². The molecular weight excluding hydrogens is 194 g/mol. The van der Waals surface area contributed by atoms with Crippen LogP contribution in [0.1, 0.15) is 12.5 Å². The van der Waals surface area contributed by atoms with Crippen molar-refractivity contribution in [2.24, 2.45) is 0 Å². The Hall–Kier alpha value is -1.46. The van der Waals surface area contributed by atoms with Crippen molar-refractivity contribution in [2.75, 3.05) is 6.61 Å². The van der Waals surface area contributed by atoms with E-state index in [-0.39, 0.29) is 12.2 Å². The first-order valence-corrected chi connectivity index (χ1v) is 4.09. The Morgan fingerprint density at radius 2 is 2.43 bits per heavy atom. The number of rotatable bonds is 4. The molecule has 0 saturated heterocycles. The fraction of sp³-hybridized carbons (Fsp3) is 0.500. The summed E-state index contributed by atoms with van der Waals surface area (Å²) in [6.07, 6.45) is 1.86. The van der Waals surface area contributed by atoms with E-state index >= 15 is 0 Å². The Morgan fingerprint density at radius 3 is 2.93 bits per heavy atom. The van der Waals surface area contributed by atoms with Gasteiger partial charge in [-0.2, -0.15) is 13.9 Å². The smallest absolute Gasteiger partial charge is 0.377 e. The normalized spacial score (nSPS) is 11.4. The standard InChI is InChI=1S/C8H10F2N2O2/c1-2-14-7(13)8(9,10)3-6-4-11-12-5-6/h4-5H,2-3H2,1H3,(H,11,12). The van der Waals surface area contributed by atoms with Gasteiger partial charge in [0.2, 0.25) is 0 Å². The third-order valence-electron chi connectivity index (χ3n) is 1.56. The molecule has 0 amide bonds. The maximum Gasteiger partial charge on any atom is 0.377 e. The molecule has 0 atom stereocenters. The fourth-order valence-electron chi connectivity index (χ4n) is 0.940. The van der Waals surface area contributed by atoms with Crippen molar-refractivity contribution in [3.8, 4) is 0 Å². The average molecular weight is 204 g/mol. The topological polar surface area (TPSA) is 55.0 Å². The highest BCUT2D eigenvalue weighted by atomic mass is 19.3. The Balaban J connectivity index is 2.61. The van der Waals surface area contributed by atoms with E-state index in [1.807, 2.05) is 0 Å². The monoisotopic (exact) mass is 204 g/mol. The van der Waals surface area contributed by atoms with Crippen LogP contribution in [0, 0.1) is 0 Å². The summed E-state index contributed by atoms with van der Waals surface area (Å²) in [4.78, 5) is 10.8. The molecule has 0 fully saturated rings. The molecule has 0 aliphatic carbocycles. The van der Waals surface area contributed by atoms with Crippen LogP contribution in [0.2, 0.25) is 0 Å². The lowest BCUT2D eigenvalue weighted by atomic mass is 10.1. The molecule has 0 aliphatic rings. The van der Waals surface area contributed by atoms with Gasteiger partial charge in [0.25, 0.3) is 0 Å². The largest absolute Gasteiger partial charge is 0.462 e. The molecule has 4 nitrogen and oxygen atoms in total. The van der Waals surface area contributed by atoms with Gasteiger partial charge < -0.3 is 4.74 Å². The van der Waals surface area contributed by atoms with Crippen molar-refractivity contribution >= 4 is 5.97 Å². The number of alkyl halides is 2. The molecule has 0 spiro atoms. The predicted molar refractivity (Wildman–Crippen MR) is 43.9 cm³/mol. The molecule has 1 N–H and O–H groups in total. The minimum absolute atomic E-state index is 0.0557. The Morgan fingerprint density at radius 1 is 1.71 bits per heavy atom. The summed E-state index contributed by atoms with van der Waals surface area (Å²) in [6.45, 7) is 1.42. The number of aromatic amines is 1. The quantitative estimate of drug-likeness (QED) is 0.748. The number of nitrogens with zero attached hydrogens (tertiary/aromatic N) is 1. The van der Waals surface area contributed by atoms with Crippen molar-refractivity contribution in [2.45, 2.75) is 19.3 Å². The maximum absolute atomic E-state index is 13.1. The second-order valence-electron chi connectivity index (χ2n) is 2.71.